The Labute approximate surface area is 214 Å². The number of fused-ring (bicyclic) bond motifs is 2. The Balaban J connectivity index is 1.18. The first-order chi connectivity index (χ1) is 18.2. The van der Waals surface area contributed by atoms with Crippen LogP contribution in [0.5, 0.6) is 0 Å². The lowest BCUT2D eigenvalue weighted by Crippen LogP contribution is -2.20. The normalized spacial score (nSPS) is 11.4. The molecule has 37 heavy (non-hydrogen) atoms. The molecule has 2 amide bonds. The summed E-state index contributed by atoms with van der Waals surface area (Å²) in [7, 11) is 0. The molecule has 5 aromatic rings. The van der Waals surface area contributed by atoms with Crippen LogP contribution in [0.15, 0.2) is 109 Å². The number of hydrogen-bond donors (Lipinski definition) is 2. The Morgan fingerprint density at radius 2 is 1.24 bits per heavy atom. The third-order valence-corrected chi connectivity index (χ3v) is 5.82. The number of para-hydroxylation sites is 2. The molecule has 0 spiro atoms. The maximum absolute atomic E-state index is 12.5. The maximum Gasteiger partial charge on any atom is 0.248 e. The minimum atomic E-state index is -0.249. The van der Waals surface area contributed by atoms with Gasteiger partial charge in [0, 0.05) is 58.7 Å². The average Bonchev–Trinajstić information content (AvgIpc) is 2.94. The number of nitrogens with zero attached hydrogens (tertiary/aromatic N) is 2. The van der Waals surface area contributed by atoms with E-state index in [1.54, 1.807) is 24.5 Å². The summed E-state index contributed by atoms with van der Waals surface area (Å²) in [4.78, 5) is 33.7. The van der Waals surface area contributed by atoms with E-state index >= 15 is 0 Å². The molecule has 6 nitrogen and oxygen atoms in total. The smallest absolute Gasteiger partial charge is 0.248 e. The van der Waals surface area contributed by atoms with E-state index in [-0.39, 0.29) is 11.8 Å². The summed E-state index contributed by atoms with van der Waals surface area (Å²) in [6, 6.07) is 26.8. The zero-order valence-corrected chi connectivity index (χ0v) is 20.0. The minimum absolute atomic E-state index is 0.214. The molecule has 2 heterocycles. The van der Waals surface area contributed by atoms with Gasteiger partial charge >= 0.3 is 0 Å². The fourth-order valence-electron chi connectivity index (χ4n) is 4.05. The molecule has 0 saturated carbocycles. The number of nitrogens with one attached hydrogen (secondary N) is 2. The standard InChI is InChI=1S/C31H24N4O2/c36-28(16-14-25-9-2-7-23-11-4-18-32-30(23)25)34-21-22-6-1-13-27(20-22)35-29(37)17-15-26-10-3-8-24-12-5-19-33-31(24)26/h1-20H,21H2,(H,34,36)(H,35,37)/b16-14+,17-15+. The molecule has 6 heteroatoms. The molecule has 0 atom stereocenters. The number of benzene rings is 3. The largest absolute Gasteiger partial charge is 0.348 e. The van der Waals surface area contributed by atoms with E-state index in [2.05, 4.69) is 20.6 Å². The number of anilines is 1. The first-order valence-electron chi connectivity index (χ1n) is 11.9. The highest BCUT2D eigenvalue weighted by Crippen LogP contribution is 2.18. The molecule has 180 valence electrons. The van der Waals surface area contributed by atoms with Gasteiger partial charge in [0.15, 0.2) is 0 Å². The van der Waals surface area contributed by atoms with Crippen molar-refractivity contribution >= 4 is 51.5 Å². The molecule has 3 aromatic carbocycles. The van der Waals surface area contributed by atoms with Gasteiger partial charge in [-0.15, -0.1) is 0 Å². The van der Waals surface area contributed by atoms with Gasteiger partial charge in [0.05, 0.1) is 11.0 Å². The van der Waals surface area contributed by atoms with Crippen molar-refractivity contribution < 1.29 is 9.59 Å². The highest BCUT2D eigenvalue weighted by molar-refractivity contribution is 6.03. The second-order valence-corrected chi connectivity index (χ2v) is 8.42. The van der Waals surface area contributed by atoms with Gasteiger partial charge in [-0.3, -0.25) is 19.6 Å². The molecule has 0 aliphatic carbocycles. The highest BCUT2D eigenvalue weighted by Gasteiger charge is 2.04. The van der Waals surface area contributed by atoms with Crippen molar-refractivity contribution in [2.24, 2.45) is 0 Å². The monoisotopic (exact) mass is 484 g/mol. The number of amides is 2. The fourth-order valence-corrected chi connectivity index (χ4v) is 4.05. The van der Waals surface area contributed by atoms with Gasteiger partial charge in [0.25, 0.3) is 0 Å². The summed E-state index contributed by atoms with van der Waals surface area (Å²) in [6.07, 6.45) is 9.99. The van der Waals surface area contributed by atoms with Crippen LogP contribution in [0.25, 0.3) is 34.0 Å². The molecule has 0 aliphatic rings. The van der Waals surface area contributed by atoms with Gasteiger partial charge in [-0.2, -0.15) is 0 Å². The van der Waals surface area contributed by atoms with E-state index in [1.807, 2.05) is 84.9 Å². The van der Waals surface area contributed by atoms with Crippen molar-refractivity contribution in [1.82, 2.24) is 15.3 Å². The van der Waals surface area contributed by atoms with Crippen molar-refractivity contribution in [1.29, 1.82) is 0 Å². The first-order valence-corrected chi connectivity index (χ1v) is 11.9. The van der Waals surface area contributed by atoms with Gasteiger partial charge in [0.1, 0.15) is 0 Å². The molecule has 2 N–H and O–H groups in total. The second-order valence-electron chi connectivity index (χ2n) is 8.42. The van der Waals surface area contributed by atoms with E-state index in [9.17, 15) is 9.59 Å². The molecule has 0 aliphatic heterocycles. The average molecular weight is 485 g/mol. The van der Waals surface area contributed by atoms with Gasteiger partial charge in [-0.05, 0) is 42.0 Å². The van der Waals surface area contributed by atoms with Gasteiger partial charge < -0.3 is 10.6 Å². The summed E-state index contributed by atoms with van der Waals surface area (Å²) in [6.45, 7) is 0.332. The summed E-state index contributed by atoms with van der Waals surface area (Å²) < 4.78 is 0. The molecule has 0 radical (unpaired) electrons. The number of carbonyl (C=O) groups is 2. The zero-order valence-electron chi connectivity index (χ0n) is 20.0. The van der Waals surface area contributed by atoms with Crippen LogP contribution < -0.4 is 10.6 Å². The fraction of sp³-hybridized carbons (Fsp3) is 0.0323. The molecular weight excluding hydrogens is 460 g/mol. The SMILES string of the molecule is O=C(/C=C/c1cccc2cccnc12)NCc1cccc(NC(=O)/C=C/c2cccc3cccnc23)c1. The van der Waals surface area contributed by atoms with Crippen molar-refractivity contribution in [3.05, 3.63) is 126 Å². The van der Waals surface area contributed by atoms with E-state index in [0.29, 0.717) is 12.2 Å². The lowest BCUT2D eigenvalue weighted by atomic mass is 10.1. The number of pyridine rings is 2. The Kier molecular flexibility index (Phi) is 7.09. The lowest BCUT2D eigenvalue weighted by Gasteiger charge is -2.07. The summed E-state index contributed by atoms with van der Waals surface area (Å²) in [5.41, 5.74) is 4.96. The van der Waals surface area contributed by atoms with Gasteiger partial charge in [-0.1, -0.05) is 60.7 Å². The van der Waals surface area contributed by atoms with Crippen molar-refractivity contribution in [3.8, 4) is 0 Å². The van der Waals surface area contributed by atoms with E-state index < -0.39 is 0 Å². The van der Waals surface area contributed by atoms with E-state index in [1.165, 1.54) is 12.2 Å². The summed E-state index contributed by atoms with van der Waals surface area (Å²) in [5, 5.41) is 7.79. The Morgan fingerprint density at radius 3 is 1.89 bits per heavy atom. The van der Waals surface area contributed by atoms with Gasteiger partial charge in [-0.25, -0.2) is 0 Å². The Hall–Kier alpha value is -5.10. The van der Waals surface area contributed by atoms with Crippen LogP contribution in [0.3, 0.4) is 0 Å². The van der Waals surface area contributed by atoms with Crippen molar-refractivity contribution in [3.63, 3.8) is 0 Å². The van der Waals surface area contributed by atoms with Crippen LogP contribution >= 0.6 is 0 Å². The van der Waals surface area contributed by atoms with Crippen LogP contribution in [-0.2, 0) is 16.1 Å². The number of hydrogen-bond acceptors (Lipinski definition) is 4. The number of carbonyl (C=O) groups excluding carboxylic acids is 2. The Bertz CT molecular complexity index is 1650. The maximum atomic E-state index is 12.5. The van der Waals surface area contributed by atoms with Crippen LogP contribution in [0.2, 0.25) is 0 Å². The predicted octanol–water partition coefficient (Wildman–Crippen LogP) is 5.76. The highest BCUT2D eigenvalue weighted by atomic mass is 16.2. The quantitative estimate of drug-likeness (QED) is 0.288. The Morgan fingerprint density at radius 1 is 0.676 bits per heavy atom. The van der Waals surface area contributed by atoms with E-state index in [4.69, 9.17) is 0 Å². The number of aromatic nitrogens is 2. The zero-order chi connectivity index (χ0) is 25.5. The topological polar surface area (TPSA) is 84.0 Å². The predicted molar refractivity (Wildman–Crippen MR) is 148 cm³/mol. The summed E-state index contributed by atoms with van der Waals surface area (Å²) in [5.74, 6) is -0.463. The molecule has 5 rings (SSSR count). The third-order valence-electron chi connectivity index (χ3n) is 5.82. The van der Waals surface area contributed by atoms with Gasteiger partial charge in [0.2, 0.25) is 11.8 Å². The molecule has 0 bridgehead atoms. The van der Waals surface area contributed by atoms with Crippen LogP contribution in [0, 0.1) is 0 Å². The summed E-state index contributed by atoms with van der Waals surface area (Å²) >= 11 is 0. The lowest BCUT2D eigenvalue weighted by molar-refractivity contribution is -0.116. The molecule has 0 unspecified atom stereocenters. The van der Waals surface area contributed by atoms with Crippen LogP contribution in [0.4, 0.5) is 5.69 Å². The number of rotatable bonds is 7. The minimum Gasteiger partial charge on any atom is -0.348 e. The molecule has 2 aromatic heterocycles. The third kappa shape index (κ3) is 5.94. The second kappa shape index (κ2) is 11.1. The molecule has 0 saturated heterocycles. The van der Waals surface area contributed by atoms with Crippen LogP contribution in [-0.4, -0.2) is 21.8 Å². The van der Waals surface area contributed by atoms with Crippen molar-refractivity contribution in [2.75, 3.05) is 5.32 Å². The molecule has 0 fully saturated rings. The van der Waals surface area contributed by atoms with E-state index in [0.717, 1.165) is 38.5 Å². The van der Waals surface area contributed by atoms with Crippen LogP contribution in [0.1, 0.15) is 16.7 Å². The first kappa shape index (κ1) is 23.6. The van der Waals surface area contributed by atoms with Crippen molar-refractivity contribution in [2.45, 2.75) is 6.54 Å². The molecular formula is C31H24N4O2.